The molecule has 0 fully saturated rings. The molecule has 0 spiro atoms. The average molecular weight is 467 g/mol. The molecule has 158 valence electrons. The summed E-state index contributed by atoms with van der Waals surface area (Å²) in [5.74, 6) is 0.703. The molecule has 1 aliphatic rings. The molecule has 0 saturated heterocycles. The summed E-state index contributed by atoms with van der Waals surface area (Å²) in [4.78, 5) is 21.1. The van der Waals surface area contributed by atoms with Crippen LogP contribution in [0, 0.1) is 13.8 Å². The molecular weight excluding hydrogens is 444 g/mol. The van der Waals surface area contributed by atoms with Gasteiger partial charge < -0.3 is 0 Å². The van der Waals surface area contributed by atoms with Crippen LogP contribution in [0.4, 0.5) is 0 Å². The number of thiophene rings is 1. The number of rotatable bonds is 4. The van der Waals surface area contributed by atoms with E-state index in [0.29, 0.717) is 5.75 Å². The molecule has 0 radical (unpaired) electrons. The van der Waals surface area contributed by atoms with Crippen LogP contribution in [0.5, 0.6) is 0 Å². The van der Waals surface area contributed by atoms with Gasteiger partial charge in [-0.2, -0.15) is 0 Å². The Labute approximate surface area is 195 Å². The maximum absolute atomic E-state index is 13.8. The van der Waals surface area contributed by atoms with Crippen LogP contribution in [0.1, 0.15) is 40.0 Å². The van der Waals surface area contributed by atoms with Gasteiger partial charge in [0.25, 0.3) is 5.56 Å². The molecule has 0 N–H and O–H groups in total. The van der Waals surface area contributed by atoms with Crippen LogP contribution >= 0.6 is 34.7 Å². The summed E-state index contributed by atoms with van der Waals surface area (Å²) in [6.45, 7) is 4.18. The van der Waals surface area contributed by atoms with E-state index in [1.54, 1.807) is 23.1 Å². The van der Waals surface area contributed by atoms with Gasteiger partial charge in [0.05, 0.1) is 11.1 Å². The second-order valence-electron chi connectivity index (χ2n) is 8.11. The number of hydrogen-bond acceptors (Lipinski definition) is 4. The van der Waals surface area contributed by atoms with Crippen molar-refractivity contribution in [2.24, 2.45) is 0 Å². The quantitative estimate of drug-likeness (QED) is 0.242. The van der Waals surface area contributed by atoms with Gasteiger partial charge in [-0.05, 0) is 86.1 Å². The van der Waals surface area contributed by atoms with Gasteiger partial charge in [0.15, 0.2) is 5.16 Å². The SMILES string of the molecule is Cc1ccc(-n2c(SCc3cccc(Cl)c3)nc3sc4c(c3c2=O)CCCC4)cc1C. The molecule has 0 atom stereocenters. The number of thioether (sulfide) groups is 1. The van der Waals surface area contributed by atoms with Gasteiger partial charge in [0, 0.05) is 15.7 Å². The topological polar surface area (TPSA) is 34.9 Å². The summed E-state index contributed by atoms with van der Waals surface area (Å²) in [5, 5.41) is 2.28. The Morgan fingerprint density at radius 3 is 2.74 bits per heavy atom. The van der Waals surface area contributed by atoms with E-state index in [1.165, 1.54) is 28.0 Å². The molecule has 1 aliphatic carbocycles. The predicted molar refractivity (Wildman–Crippen MR) is 132 cm³/mol. The fraction of sp³-hybridized carbons (Fsp3) is 0.280. The highest BCUT2D eigenvalue weighted by Gasteiger charge is 2.23. The van der Waals surface area contributed by atoms with Gasteiger partial charge in [-0.1, -0.05) is 41.6 Å². The third kappa shape index (κ3) is 3.95. The average Bonchev–Trinajstić information content (AvgIpc) is 3.13. The maximum atomic E-state index is 13.8. The monoisotopic (exact) mass is 466 g/mol. The molecule has 0 bridgehead atoms. The minimum atomic E-state index is 0.0567. The number of aromatic nitrogens is 2. The van der Waals surface area contributed by atoms with E-state index in [2.05, 4.69) is 32.0 Å². The fourth-order valence-electron chi connectivity index (χ4n) is 4.15. The molecule has 2 aromatic carbocycles. The predicted octanol–water partition coefficient (Wildman–Crippen LogP) is 6.89. The molecule has 0 unspecified atom stereocenters. The molecule has 31 heavy (non-hydrogen) atoms. The number of halogens is 1. The number of nitrogens with zero attached hydrogens (tertiary/aromatic N) is 2. The third-order valence-corrected chi connectivity index (χ3v) is 8.39. The Morgan fingerprint density at radius 1 is 1.10 bits per heavy atom. The lowest BCUT2D eigenvalue weighted by Crippen LogP contribution is -2.22. The number of aryl methyl sites for hydroxylation is 4. The van der Waals surface area contributed by atoms with Crippen LogP contribution in [0.15, 0.2) is 52.4 Å². The van der Waals surface area contributed by atoms with Crippen LogP contribution in [0.3, 0.4) is 0 Å². The number of fused-ring (bicyclic) bond motifs is 3. The van der Waals surface area contributed by atoms with Crippen LogP contribution in [0.25, 0.3) is 15.9 Å². The van der Waals surface area contributed by atoms with E-state index in [1.807, 2.05) is 28.8 Å². The van der Waals surface area contributed by atoms with E-state index in [-0.39, 0.29) is 5.56 Å². The summed E-state index contributed by atoms with van der Waals surface area (Å²) in [6, 6.07) is 14.1. The molecule has 2 heterocycles. The molecule has 6 heteroatoms. The first-order valence-corrected chi connectivity index (χ1v) is 12.7. The van der Waals surface area contributed by atoms with Crippen LogP contribution in [0.2, 0.25) is 5.02 Å². The van der Waals surface area contributed by atoms with Gasteiger partial charge in [-0.3, -0.25) is 9.36 Å². The zero-order valence-electron chi connectivity index (χ0n) is 17.6. The van der Waals surface area contributed by atoms with Gasteiger partial charge in [-0.25, -0.2) is 4.98 Å². The Hall–Kier alpha value is -2.08. The normalized spacial score (nSPS) is 13.5. The van der Waals surface area contributed by atoms with E-state index >= 15 is 0 Å². The molecule has 2 aromatic heterocycles. The van der Waals surface area contributed by atoms with Gasteiger partial charge in [0.2, 0.25) is 0 Å². The van der Waals surface area contributed by atoms with Crippen molar-refractivity contribution in [3.05, 3.63) is 85.0 Å². The second-order valence-corrected chi connectivity index (χ2v) is 10.6. The molecular formula is C25H23ClN2OS2. The highest BCUT2D eigenvalue weighted by atomic mass is 35.5. The first-order valence-electron chi connectivity index (χ1n) is 10.5. The van der Waals surface area contributed by atoms with Crippen LogP contribution in [-0.2, 0) is 18.6 Å². The lowest BCUT2D eigenvalue weighted by molar-refractivity contribution is 0.699. The van der Waals surface area contributed by atoms with Crippen LogP contribution in [-0.4, -0.2) is 9.55 Å². The maximum Gasteiger partial charge on any atom is 0.267 e. The molecule has 5 rings (SSSR count). The first kappa shape index (κ1) is 20.8. The largest absolute Gasteiger partial charge is 0.268 e. The third-order valence-electron chi connectivity index (χ3n) is 5.96. The van der Waals surface area contributed by atoms with Gasteiger partial charge in [-0.15, -0.1) is 11.3 Å². The molecule has 4 aromatic rings. The highest BCUT2D eigenvalue weighted by Crippen LogP contribution is 2.36. The van der Waals surface area contributed by atoms with E-state index in [0.717, 1.165) is 50.9 Å². The van der Waals surface area contributed by atoms with Crippen molar-refractivity contribution < 1.29 is 0 Å². The lowest BCUT2D eigenvalue weighted by Gasteiger charge is -2.15. The van der Waals surface area contributed by atoms with E-state index < -0.39 is 0 Å². The van der Waals surface area contributed by atoms with Crippen molar-refractivity contribution in [2.45, 2.75) is 50.4 Å². The van der Waals surface area contributed by atoms with Gasteiger partial charge >= 0.3 is 0 Å². The van der Waals surface area contributed by atoms with E-state index in [4.69, 9.17) is 16.6 Å². The number of hydrogen-bond donors (Lipinski definition) is 0. The zero-order chi connectivity index (χ0) is 21.5. The van der Waals surface area contributed by atoms with Crippen molar-refractivity contribution in [1.82, 2.24) is 9.55 Å². The summed E-state index contributed by atoms with van der Waals surface area (Å²) >= 11 is 9.46. The zero-order valence-corrected chi connectivity index (χ0v) is 20.0. The molecule has 3 nitrogen and oxygen atoms in total. The Bertz CT molecular complexity index is 1360. The second kappa shape index (κ2) is 8.45. The minimum Gasteiger partial charge on any atom is -0.268 e. The fourth-order valence-corrected chi connectivity index (χ4v) is 6.62. The van der Waals surface area contributed by atoms with Crippen molar-refractivity contribution in [3.8, 4) is 5.69 Å². The standard InChI is InChI=1S/C25H23ClN2OS2/c1-15-10-11-19(12-16(15)2)28-24(29)22-20-8-3-4-9-21(20)31-23(22)27-25(28)30-14-17-6-5-7-18(26)13-17/h5-7,10-13H,3-4,8-9,14H2,1-2H3. The summed E-state index contributed by atoms with van der Waals surface area (Å²) in [5.41, 5.74) is 5.67. The van der Waals surface area contributed by atoms with Crippen molar-refractivity contribution in [3.63, 3.8) is 0 Å². The van der Waals surface area contributed by atoms with Crippen LogP contribution < -0.4 is 5.56 Å². The smallest absolute Gasteiger partial charge is 0.267 e. The molecule has 0 amide bonds. The lowest BCUT2D eigenvalue weighted by atomic mass is 9.97. The van der Waals surface area contributed by atoms with Crippen molar-refractivity contribution in [1.29, 1.82) is 0 Å². The highest BCUT2D eigenvalue weighted by molar-refractivity contribution is 7.98. The van der Waals surface area contributed by atoms with Crippen molar-refractivity contribution >= 4 is 44.9 Å². The summed E-state index contributed by atoms with van der Waals surface area (Å²) in [7, 11) is 0. The summed E-state index contributed by atoms with van der Waals surface area (Å²) in [6.07, 6.45) is 4.38. The Morgan fingerprint density at radius 2 is 1.94 bits per heavy atom. The molecule has 0 saturated carbocycles. The van der Waals surface area contributed by atoms with E-state index in [9.17, 15) is 4.79 Å². The number of benzene rings is 2. The molecule has 0 aliphatic heterocycles. The van der Waals surface area contributed by atoms with Crippen molar-refractivity contribution in [2.75, 3.05) is 0 Å². The Kier molecular flexibility index (Phi) is 5.67. The minimum absolute atomic E-state index is 0.0567. The Balaban J connectivity index is 1.68. The van der Waals surface area contributed by atoms with Gasteiger partial charge in [0.1, 0.15) is 4.83 Å². The summed E-state index contributed by atoms with van der Waals surface area (Å²) < 4.78 is 1.81. The first-order chi connectivity index (χ1) is 15.0.